The van der Waals surface area contributed by atoms with Crippen LogP contribution in [0.25, 0.3) is 0 Å². The topological polar surface area (TPSA) is 53.2 Å². The molecule has 3 N–H and O–H groups in total. The summed E-state index contributed by atoms with van der Waals surface area (Å²) < 4.78 is 0. The molecule has 0 aromatic rings. The van der Waals surface area contributed by atoms with Crippen molar-refractivity contribution in [1.82, 2.24) is 16.0 Å². The number of fused-ring (bicyclic) bond motifs is 1. The standard InChI is InChI=1S/C7H13N3O/c11-7-9-4-5-3-8-2-1-6(5)10-7/h5-6,8H,1-4H2,(H2,9,10,11). The molecule has 4 nitrogen and oxygen atoms in total. The molecule has 0 bridgehead atoms. The average Bonchev–Trinajstić information content (AvgIpc) is 2.04. The first-order valence-electron chi connectivity index (χ1n) is 4.11. The van der Waals surface area contributed by atoms with Crippen LogP contribution < -0.4 is 16.0 Å². The molecule has 2 fully saturated rings. The van der Waals surface area contributed by atoms with Gasteiger partial charge in [-0.3, -0.25) is 0 Å². The second-order valence-corrected chi connectivity index (χ2v) is 3.21. The minimum Gasteiger partial charge on any atom is -0.338 e. The third-order valence-electron chi connectivity index (χ3n) is 2.45. The molecule has 0 saturated carbocycles. The van der Waals surface area contributed by atoms with E-state index in [4.69, 9.17) is 0 Å². The fourth-order valence-corrected chi connectivity index (χ4v) is 1.77. The van der Waals surface area contributed by atoms with E-state index in [1.807, 2.05) is 0 Å². The summed E-state index contributed by atoms with van der Waals surface area (Å²) in [5, 5.41) is 9.03. The maximum Gasteiger partial charge on any atom is 0.315 e. The fourth-order valence-electron chi connectivity index (χ4n) is 1.77. The van der Waals surface area contributed by atoms with Gasteiger partial charge in [0, 0.05) is 25.0 Å². The van der Waals surface area contributed by atoms with Crippen molar-refractivity contribution in [3.63, 3.8) is 0 Å². The third-order valence-corrected chi connectivity index (χ3v) is 2.45. The summed E-state index contributed by atoms with van der Waals surface area (Å²) in [6.45, 7) is 2.88. The van der Waals surface area contributed by atoms with Gasteiger partial charge in [-0.2, -0.15) is 0 Å². The Labute approximate surface area is 65.7 Å². The van der Waals surface area contributed by atoms with Crippen LogP contribution in [0.4, 0.5) is 4.79 Å². The Morgan fingerprint density at radius 2 is 2.27 bits per heavy atom. The second kappa shape index (κ2) is 2.70. The Balaban J connectivity index is 1.98. The predicted octanol–water partition coefficient (Wildman–Crippen LogP) is -0.723. The summed E-state index contributed by atoms with van der Waals surface area (Å²) in [7, 11) is 0. The Kier molecular flexibility index (Phi) is 1.69. The molecule has 62 valence electrons. The summed E-state index contributed by atoms with van der Waals surface area (Å²) in [5.41, 5.74) is 0. The molecule has 11 heavy (non-hydrogen) atoms. The third kappa shape index (κ3) is 1.30. The van der Waals surface area contributed by atoms with Crippen LogP contribution in [-0.4, -0.2) is 31.7 Å². The molecule has 2 atom stereocenters. The van der Waals surface area contributed by atoms with Gasteiger partial charge in [0.1, 0.15) is 0 Å². The molecule has 2 unspecified atom stereocenters. The molecular weight excluding hydrogens is 142 g/mol. The highest BCUT2D eigenvalue weighted by Crippen LogP contribution is 2.12. The van der Waals surface area contributed by atoms with Gasteiger partial charge in [-0.05, 0) is 13.0 Å². The summed E-state index contributed by atoms with van der Waals surface area (Å²) >= 11 is 0. The molecule has 2 heterocycles. The van der Waals surface area contributed by atoms with Gasteiger partial charge in [-0.25, -0.2) is 4.79 Å². The second-order valence-electron chi connectivity index (χ2n) is 3.21. The molecule has 2 saturated heterocycles. The number of urea groups is 1. The highest BCUT2D eigenvalue weighted by molar-refractivity contribution is 5.75. The summed E-state index contributed by atoms with van der Waals surface area (Å²) in [4.78, 5) is 10.9. The van der Waals surface area contributed by atoms with Crippen molar-refractivity contribution >= 4 is 6.03 Å². The number of nitrogens with one attached hydrogen (secondary N) is 3. The molecular formula is C7H13N3O. The Hall–Kier alpha value is -0.770. The molecule has 0 radical (unpaired) electrons. The zero-order valence-corrected chi connectivity index (χ0v) is 6.39. The van der Waals surface area contributed by atoms with Crippen LogP contribution in [0, 0.1) is 5.92 Å². The van der Waals surface area contributed by atoms with Crippen molar-refractivity contribution in [2.45, 2.75) is 12.5 Å². The van der Waals surface area contributed by atoms with E-state index < -0.39 is 0 Å². The van der Waals surface area contributed by atoms with Gasteiger partial charge in [-0.1, -0.05) is 0 Å². The van der Waals surface area contributed by atoms with Crippen molar-refractivity contribution in [2.75, 3.05) is 19.6 Å². The lowest BCUT2D eigenvalue weighted by Gasteiger charge is -2.36. The molecule has 0 aromatic carbocycles. The quantitative estimate of drug-likeness (QED) is 0.432. The van der Waals surface area contributed by atoms with Crippen molar-refractivity contribution in [2.24, 2.45) is 5.92 Å². The number of hydrogen-bond acceptors (Lipinski definition) is 2. The van der Waals surface area contributed by atoms with E-state index in [0.29, 0.717) is 12.0 Å². The SMILES string of the molecule is O=C1NCC2CNCCC2N1. The fraction of sp³-hybridized carbons (Fsp3) is 0.857. The predicted molar refractivity (Wildman–Crippen MR) is 41.3 cm³/mol. The maximum absolute atomic E-state index is 10.9. The number of piperidine rings is 1. The molecule has 0 spiro atoms. The molecule has 0 aliphatic carbocycles. The van der Waals surface area contributed by atoms with Crippen LogP contribution in [0.15, 0.2) is 0 Å². The largest absolute Gasteiger partial charge is 0.338 e. The first-order chi connectivity index (χ1) is 5.36. The summed E-state index contributed by atoms with van der Waals surface area (Å²) in [6.07, 6.45) is 1.07. The molecule has 2 aliphatic rings. The Bertz CT molecular complexity index is 171. The van der Waals surface area contributed by atoms with E-state index in [1.165, 1.54) is 0 Å². The van der Waals surface area contributed by atoms with Gasteiger partial charge >= 0.3 is 6.03 Å². The molecule has 0 aromatic heterocycles. The first kappa shape index (κ1) is 6.91. The smallest absolute Gasteiger partial charge is 0.315 e. The van der Waals surface area contributed by atoms with E-state index in [1.54, 1.807) is 0 Å². The van der Waals surface area contributed by atoms with Gasteiger partial charge in [0.2, 0.25) is 0 Å². The first-order valence-corrected chi connectivity index (χ1v) is 4.11. The van der Waals surface area contributed by atoms with Crippen molar-refractivity contribution in [1.29, 1.82) is 0 Å². The van der Waals surface area contributed by atoms with E-state index in [9.17, 15) is 4.79 Å². The monoisotopic (exact) mass is 155 g/mol. The van der Waals surface area contributed by atoms with Gasteiger partial charge in [0.05, 0.1) is 0 Å². The van der Waals surface area contributed by atoms with Crippen molar-refractivity contribution in [3.8, 4) is 0 Å². The van der Waals surface area contributed by atoms with E-state index in [-0.39, 0.29) is 6.03 Å². The van der Waals surface area contributed by atoms with Gasteiger partial charge in [0.15, 0.2) is 0 Å². The lowest BCUT2D eigenvalue weighted by Crippen LogP contribution is -2.60. The van der Waals surface area contributed by atoms with E-state index in [0.717, 1.165) is 26.1 Å². The number of hydrogen-bond donors (Lipinski definition) is 3. The zero-order chi connectivity index (χ0) is 7.68. The molecule has 2 amide bonds. The minimum atomic E-state index is -0.00634. The van der Waals surface area contributed by atoms with Gasteiger partial charge in [-0.15, -0.1) is 0 Å². The van der Waals surface area contributed by atoms with Crippen LogP contribution in [0.1, 0.15) is 6.42 Å². The van der Waals surface area contributed by atoms with Crippen LogP contribution in [0.5, 0.6) is 0 Å². The van der Waals surface area contributed by atoms with Crippen LogP contribution in [0.3, 0.4) is 0 Å². The molecule has 2 aliphatic heterocycles. The number of rotatable bonds is 0. The van der Waals surface area contributed by atoms with Crippen LogP contribution in [0.2, 0.25) is 0 Å². The minimum absolute atomic E-state index is 0.00634. The van der Waals surface area contributed by atoms with Gasteiger partial charge in [0.25, 0.3) is 0 Å². The molecule has 2 rings (SSSR count). The number of amides is 2. The Morgan fingerprint density at radius 3 is 3.18 bits per heavy atom. The maximum atomic E-state index is 10.9. The average molecular weight is 155 g/mol. The van der Waals surface area contributed by atoms with Crippen molar-refractivity contribution < 1.29 is 4.79 Å². The van der Waals surface area contributed by atoms with Gasteiger partial charge < -0.3 is 16.0 Å². The summed E-state index contributed by atoms with van der Waals surface area (Å²) in [6, 6.07) is 0.401. The lowest BCUT2D eigenvalue weighted by atomic mass is 9.92. The summed E-state index contributed by atoms with van der Waals surface area (Å²) in [5.74, 6) is 0.585. The van der Waals surface area contributed by atoms with Crippen LogP contribution in [-0.2, 0) is 0 Å². The van der Waals surface area contributed by atoms with E-state index >= 15 is 0 Å². The lowest BCUT2D eigenvalue weighted by molar-refractivity contribution is 0.199. The highest BCUT2D eigenvalue weighted by atomic mass is 16.2. The highest BCUT2D eigenvalue weighted by Gasteiger charge is 2.29. The normalized spacial score (nSPS) is 36.9. The van der Waals surface area contributed by atoms with Crippen molar-refractivity contribution in [3.05, 3.63) is 0 Å². The van der Waals surface area contributed by atoms with E-state index in [2.05, 4.69) is 16.0 Å². The zero-order valence-electron chi connectivity index (χ0n) is 6.39. The molecule has 4 heteroatoms. The number of carbonyl (C=O) groups is 1. The number of carbonyl (C=O) groups excluding carboxylic acids is 1. The Morgan fingerprint density at radius 1 is 1.36 bits per heavy atom. The van der Waals surface area contributed by atoms with Crippen LogP contribution >= 0.6 is 0 Å².